The molecular weight excluding hydrogens is 250 g/mol. The van der Waals surface area contributed by atoms with E-state index in [-0.39, 0.29) is 18.4 Å². The minimum absolute atomic E-state index is 0.0316. The van der Waals surface area contributed by atoms with Gasteiger partial charge in [-0.2, -0.15) is 0 Å². The van der Waals surface area contributed by atoms with Crippen molar-refractivity contribution in [2.45, 2.75) is 51.7 Å². The molecule has 2 N–H and O–H groups in total. The number of carboxylic acid groups (broad SMARTS) is 1. The fourth-order valence-electron chi connectivity index (χ4n) is 2.10. The van der Waals surface area contributed by atoms with E-state index in [9.17, 15) is 9.59 Å². The SMILES string of the molecule is CC(C)(C)OC(=O)NC1CCOCCC1CC(=O)O. The Bertz CT molecular complexity index is 323. The third kappa shape index (κ3) is 6.42. The summed E-state index contributed by atoms with van der Waals surface area (Å²) < 4.78 is 10.5. The number of carbonyl (C=O) groups is 2. The van der Waals surface area contributed by atoms with Gasteiger partial charge in [-0.3, -0.25) is 4.79 Å². The molecule has 6 heteroatoms. The summed E-state index contributed by atoms with van der Waals surface area (Å²) in [4.78, 5) is 22.6. The number of ether oxygens (including phenoxy) is 2. The third-order valence-electron chi connectivity index (χ3n) is 2.91. The van der Waals surface area contributed by atoms with Gasteiger partial charge in [0.1, 0.15) is 5.60 Å². The third-order valence-corrected chi connectivity index (χ3v) is 2.91. The van der Waals surface area contributed by atoms with Crippen molar-refractivity contribution in [2.24, 2.45) is 5.92 Å². The molecule has 0 spiro atoms. The lowest BCUT2D eigenvalue weighted by Crippen LogP contribution is -2.43. The van der Waals surface area contributed by atoms with E-state index in [2.05, 4.69) is 5.32 Å². The number of carbonyl (C=O) groups excluding carboxylic acids is 1. The van der Waals surface area contributed by atoms with E-state index < -0.39 is 17.7 Å². The van der Waals surface area contributed by atoms with Crippen molar-refractivity contribution >= 4 is 12.1 Å². The Labute approximate surface area is 113 Å². The molecule has 1 saturated heterocycles. The molecule has 1 heterocycles. The molecule has 0 aromatic carbocycles. The van der Waals surface area contributed by atoms with Crippen LogP contribution in [0.4, 0.5) is 4.79 Å². The average Bonchev–Trinajstić information content (AvgIpc) is 2.41. The Balaban J connectivity index is 2.59. The Hall–Kier alpha value is -1.30. The van der Waals surface area contributed by atoms with Crippen LogP contribution in [0.2, 0.25) is 0 Å². The topological polar surface area (TPSA) is 84.9 Å². The Morgan fingerprint density at radius 1 is 1.32 bits per heavy atom. The van der Waals surface area contributed by atoms with Gasteiger partial charge in [0.15, 0.2) is 0 Å². The standard InChI is InChI=1S/C13H23NO5/c1-13(2,3)19-12(17)14-10-5-7-18-6-4-9(10)8-11(15)16/h9-10H,4-8H2,1-3H3,(H,14,17)(H,15,16). The second-order valence-corrected chi connectivity index (χ2v) is 5.80. The highest BCUT2D eigenvalue weighted by Crippen LogP contribution is 2.21. The Kier molecular flexibility index (Phi) is 5.60. The molecule has 0 radical (unpaired) electrons. The van der Waals surface area contributed by atoms with E-state index >= 15 is 0 Å². The van der Waals surface area contributed by atoms with Gasteiger partial charge in [0.05, 0.1) is 6.42 Å². The number of aliphatic carboxylic acids is 1. The summed E-state index contributed by atoms with van der Waals surface area (Å²) in [6.07, 6.45) is 0.767. The number of hydrogen-bond acceptors (Lipinski definition) is 4. The van der Waals surface area contributed by atoms with Crippen LogP contribution in [-0.4, -0.2) is 42.0 Å². The van der Waals surface area contributed by atoms with Gasteiger partial charge in [0.2, 0.25) is 0 Å². The number of rotatable bonds is 3. The number of alkyl carbamates (subject to hydrolysis) is 1. The zero-order valence-electron chi connectivity index (χ0n) is 11.8. The Morgan fingerprint density at radius 2 is 1.95 bits per heavy atom. The molecule has 110 valence electrons. The highest BCUT2D eigenvalue weighted by molar-refractivity contribution is 5.69. The molecule has 2 unspecified atom stereocenters. The number of nitrogens with one attached hydrogen (secondary N) is 1. The molecule has 0 saturated carbocycles. The van der Waals surface area contributed by atoms with Crippen LogP contribution < -0.4 is 5.32 Å². The summed E-state index contributed by atoms with van der Waals surface area (Å²) in [5.41, 5.74) is -0.562. The zero-order chi connectivity index (χ0) is 14.5. The molecule has 6 nitrogen and oxygen atoms in total. The molecule has 19 heavy (non-hydrogen) atoms. The molecule has 1 amide bonds. The van der Waals surface area contributed by atoms with Crippen molar-refractivity contribution in [1.82, 2.24) is 5.32 Å². The van der Waals surface area contributed by atoms with Crippen LogP contribution in [0.25, 0.3) is 0 Å². The van der Waals surface area contributed by atoms with Crippen LogP contribution in [0.3, 0.4) is 0 Å². The van der Waals surface area contributed by atoms with Gasteiger partial charge in [-0.05, 0) is 39.5 Å². The second kappa shape index (κ2) is 6.75. The first kappa shape index (κ1) is 15.8. The molecule has 1 aliphatic heterocycles. The lowest BCUT2D eigenvalue weighted by atomic mass is 9.92. The molecule has 1 fully saturated rings. The maximum atomic E-state index is 11.7. The average molecular weight is 273 g/mol. The molecular formula is C13H23NO5. The fraction of sp³-hybridized carbons (Fsp3) is 0.846. The normalized spacial score (nSPS) is 24.4. The maximum absolute atomic E-state index is 11.7. The van der Waals surface area contributed by atoms with Gasteiger partial charge in [-0.1, -0.05) is 0 Å². The summed E-state index contributed by atoms with van der Waals surface area (Å²) in [6, 6.07) is -0.214. The number of hydrogen-bond donors (Lipinski definition) is 2. The smallest absolute Gasteiger partial charge is 0.407 e. The van der Waals surface area contributed by atoms with Gasteiger partial charge in [0, 0.05) is 19.3 Å². The van der Waals surface area contributed by atoms with Crippen molar-refractivity contribution in [3.63, 3.8) is 0 Å². The second-order valence-electron chi connectivity index (χ2n) is 5.80. The minimum Gasteiger partial charge on any atom is -0.481 e. The summed E-state index contributed by atoms with van der Waals surface area (Å²) in [5.74, 6) is -0.976. The van der Waals surface area contributed by atoms with E-state index in [0.29, 0.717) is 26.1 Å². The lowest BCUT2D eigenvalue weighted by Gasteiger charge is -2.26. The summed E-state index contributed by atoms with van der Waals surface area (Å²) in [7, 11) is 0. The summed E-state index contributed by atoms with van der Waals surface area (Å²) in [6.45, 7) is 6.42. The predicted molar refractivity (Wildman–Crippen MR) is 69.0 cm³/mol. The first-order valence-corrected chi connectivity index (χ1v) is 6.57. The van der Waals surface area contributed by atoms with Gasteiger partial charge < -0.3 is 19.9 Å². The summed E-state index contributed by atoms with van der Waals surface area (Å²) in [5, 5.41) is 11.7. The van der Waals surface area contributed by atoms with Crippen molar-refractivity contribution in [2.75, 3.05) is 13.2 Å². The number of carboxylic acids is 1. The van der Waals surface area contributed by atoms with Crippen LogP contribution in [-0.2, 0) is 14.3 Å². The van der Waals surface area contributed by atoms with Gasteiger partial charge in [-0.15, -0.1) is 0 Å². The van der Waals surface area contributed by atoms with Crippen molar-refractivity contribution in [3.8, 4) is 0 Å². The molecule has 0 bridgehead atoms. The molecule has 0 aliphatic carbocycles. The maximum Gasteiger partial charge on any atom is 0.407 e. The van der Waals surface area contributed by atoms with Gasteiger partial charge >= 0.3 is 12.1 Å². The van der Waals surface area contributed by atoms with Crippen molar-refractivity contribution in [1.29, 1.82) is 0 Å². The first-order chi connectivity index (χ1) is 8.78. The first-order valence-electron chi connectivity index (χ1n) is 6.57. The van der Waals surface area contributed by atoms with Crippen LogP contribution >= 0.6 is 0 Å². The quantitative estimate of drug-likeness (QED) is 0.818. The van der Waals surface area contributed by atoms with Gasteiger partial charge in [-0.25, -0.2) is 4.79 Å². The summed E-state index contributed by atoms with van der Waals surface area (Å²) >= 11 is 0. The molecule has 0 aromatic rings. The monoisotopic (exact) mass is 273 g/mol. The molecule has 0 aromatic heterocycles. The van der Waals surface area contributed by atoms with Crippen LogP contribution in [0.15, 0.2) is 0 Å². The van der Waals surface area contributed by atoms with E-state index in [0.717, 1.165) is 0 Å². The van der Waals surface area contributed by atoms with Crippen LogP contribution in [0, 0.1) is 5.92 Å². The molecule has 1 aliphatic rings. The van der Waals surface area contributed by atoms with Gasteiger partial charge in [0.25, 0.3) is 0 Å². The lowest BCUT2D eigenvalue weighted by molar-refractivity contribution is -0.138. The van der Waals surface area contributed by atoms with Crippen molar-refractivity contribution in [3.05, 3.63) is 0 Å². The van der Waals surface area contributed by atoms with E-state index in [4.69, 9.17) is 14.6 Å². The highest BCUT2D eigenvalue weighted by Gasteiger charge is 2.29. The Morgan fingerprint density at radius 3 is 2.53 bits per heavy atom. The minimum atomic E-state index is -0.858. The largest absolute Gasteiger partial charge is 0.481 e. The van der Waals surface area contributed by atoms with E-state index in [1.807, 2.05) is 0 Å². The zero-order valence-corrected chi connectivity index (χ0v) is 11.8. The van der Waals surface area contributed by atoms with Crippen LogP contribution in [0.5, 0.6) is 0 Å². The van der Waals surface area contributed by atoms with E-state index in [1.54, 1.807) is 20.8 Å². The van der Waals surface area contributed by atoms with Crippen LogP contribution in [0.1, 0.15) is 40.0 Å². The fourth-order valence-corrected chi connectivity index (χ4v) is 2.10. The molecule has 2 atom stereocenters. The van der Waals surface area contributed by atoms with Crippen molar-refractivity contribution < 1.29 is 24.2 Å². The number of amides is 1. The van der Waals surface area contributed by atoms with E-state index in [1.165, 1.54) is 0 Å². The highest BCUT2D eigenvalue weighted by atomic mass is 16.6. The predicted octanol–water partition coefficient (Wildman–Crippen LogP) is 1.78. The molecule has 1 rings (SSSR count).